The van der Waals surface area contributed by atoms with Gasteiger partial charge in [-0.05, 0) is 37.3 Å². The van der Waals surface area contributed by atoms with Crippen molar-refractivity contribution in [3.8, 4) is 0 Å². The monoisotopic (exact) mass is 298 g/mol. The number of aryl methyl sites for hydroxylation is 1. The first-order chi connectivity index (χ1) is 10.8. The van der Waals surface area contributed by atoms with Gasteiger partial charge < -0.3 is 10.6 Å². The molecule has 1 aliphatic rings. The Morgan fingerprint density at radius 3 is 3.00 bits per heavy atom. The number of carbonyl (C=O) groups excluding carboxylic acids is 1. The van der Waals surface area contributed by atoms with Crippen LogP contribution in [0.5, 0.6) is 0 Å². The number of H-pyrrole nitrogens is 1. The van der Waals surface area contributed by atoms with Crippen LogP contribution in [0, 0.1) is 0 Å². The number of carbonyl (C=O) groups is 1. The molecule has 5 nitrogen and oxygen atoms in total. The van der Waals surface area contributed by atoms with E-state index in [4.69, 9.17) is 5.73 Å². The summed E-state index contributed by atoms with van der Waals surface area (Å²) in [6.07, 6.45) is 8.16. The van der Waals surface area contributed by atoms with Crippen LogP contribution in [0.4, 0.5) is 5.69 Å². The summed E-state index contributed by atoms with van der Waals surface area (Å²) in [7, 11) is 0. The first kappa shape index (κ1) is 14.6. The van der Waals surface area contributed by atoms with E-state index in [-0.39, 0.29) is 11.9 Å². The van der Waals surface area contributed by atoms with Gasteiger partial charge in [-0.1, -0.05) is 18.2 Å². The van der Waals surface area contributed by atoms with Gasteiger partial charge >= 0.3 is 0 Å². The molecule has 1 amide bonds. The molecule has 1 atom stereocenters. The molecular formula is C17H22N4O. The topological polar surface area (TPSA) is 75.0 Å². The van der Waals surface area contributed by atoms with Gasteiger partial charge in [0, 0.05) is 30.4 Å². The number of nitrogens with one attached hydrogen (secondary N) is 1. The van der Waals surface area contributed by atoms with Crippen LogP contribution in [0.2, 0.25) is 0 Å². The van der Waals surface area contributed by atoms with Crippen LogP contribution < -0.4 is 5.73 Å². The lowest BCUT2D eigenvalue weighted by atomic mass is 9.96. The number of para-hydroxylation sites is 1. The molecule has 0 radical (unpaired) electrons. The molecule has 0 bridgehead atoms. The first-order valence-electron chi connectivity index (χ1n) is 7.87. The highest BCUT2D eigenvalue weighted by Gasteiger charge is 2.28. The standard InChI is InChI=1S/C17H22N4O/c18-15-6-2-1-5-13(15)8-9-17(22)21-10-4-3-7-16(21)14-11-19-20-12-14/h1-2,5-6,11-12,16H,3-4,7-10,18H2,(H,19,20). The summed E-state index contributed by atoms with van der Waals surface area (Å²) in [4.78, 5) is 14.7. The second kappa shape index (κ2) is 6.64. The fraction of sp³-hybridized carbons (Fsp3) is 0.412. The van der Waals surface area contributed by atoms with E-state index in [1.165, 1.54) is 0 Å². The summed E-state index contributed by atoms with van der Waals surface area (Å²) in [6.45, 7) is 0.832. The quantitative estimate of drug-likeness (QED) is 0.852. The van der Waals surface area contributed by atoms with Gasteiger partial charge in [-0.3, -0.25) is 9.89 Å². The van der Waals surface area contributed by atoms with Crippen LogP contribution >= 0.6 is 0 Å². The average Bonchev–Trinajstić information content (AvgIpc) is 3.08. The summed E-state index contributed by atoms with van der Waals surface area (Å²) in [6, 6.07) is 7.92. The minimum Gasteiger partial charge on any atom is -0.399 e. The number of anilines is 1. The van der Waals surface area contributed by atoms with Crippen molar-refractivity contribution in [2.75, 3.05) is 12.3 Å². The summed E-state index contributed by atoms with van der Waals surface area (Å²) in [5.41, 5.74) is 8.87. The lowest BCUT2D eigenvalue weighted by molar-refractivity contribution is -0.135. The summed E-state index contributed by atoms with van der Waals surface area (Å²) in [5, 5.41) is 6.86. The van der Waals surface area contributed by atoms with Crippen LogP contribution in [0.15, 0.2) is 36.7 Å². The van der Waals surface area contributed by atoms with Gasteiger partial charge in [0.05, 0.1) is 12.2 Å². The minimum absolute atomic E-state index is 0.160. The summed E-state index contributed by atoms with van der Waals surface area (Å²) < 4.78 is 0. The second-order valence-electron chi connectivity index (χ2n) is 5.83. The van der Waals surface area contributed by atoms with Gasteiger partial charge in [0.2, 0.25) is 5.91 Å². The summed E-state index contributed by atoms with van der Waals surface area (Å²) in [5.74, 6) is 0.203. The molecule has 2 aromatic rings. The number of nitrogen functional groups attached to an aromatic ring is 1. The van der Waals surface area contributed by atoms with Crippen LogP contribution in [0.3, 0.4) is 0 Å². The summed E-state index contributed by atoms with van der Waals surface area (Å²) >= 11 is 0. The molecule has 3 N–H and O–H groups in total. The second-order valence-corrected chi connectivity index (χ2v) is 5.83. The molecule has 1 aliphatic heterocycles. The molecule has 3 rings (SSSR count). The van der Waals surface area contributed by atoms with E-state index >= 15 is 0 Å². The maximum Gasteiger partial charge on any atom is 0.223 e. The molecule has 1 fully saturated rings. The van der Waals surface area contributed by atoms with E-state index < -0.39 is 0 Å². The van der Waals surface area contributed by atoms with E-state index in [9.17, 15) is 4.79 Å². The van der Waals surface area contributed by atoms with Gasteiger partial charge in [-0.25, -0.2) is 0 Å². The minimum atomic E-state index is 0.160. The molecule has 1 unspecified atom stereocenters. The van der Waals surface area contributed by atoms with E-state index in [1.807, 2.05) is 41.6 Å². The van der Waals surface area contributed by atoms with Crippen molar-refractivity contribution in [1.29, 1.82) is 0 Å². The number of aromatic amines is 1. The number of nitrogens with two attached hydrogens (primary N) is 1. The molecule has 0 aliphatic carbocycles. The van der Waals surface area contributed by atoms with Crippen LogP contribution in [-0.2, 0) is 11.2 Å². The molecule has 1 aromatic heterocycles. The van der Waals surface area contributed by atoms with E-state index in [0.29, 0.717) is 12.8 Å². The molecule has 1 saturated heterocycles. The Balaban J connectivity index is 1.66. The van der Waals surface area contributed by atoms with Crippen molar-refractivity contribution in [2.24, 2.45) is 0 Å². The molecule has 2 heterocycles. The van der Waals surface area contributed by atoms with E-state index in [1.54, 1.807) is 0 Å². The molecule has 1 aromatic carbocycles. The van der Waals surface area contributed by atoms with E-state index in [2.05, 4.69) is 10.2 Å². The predicted molar refractivity (Wildman–Crippen MR) is 86.1 cm³/mol. The number of amides is 1. The third-order valence-corrected chi connectivity index (χ3v) is 4.39. The predicted octanol–water partition coefficient (Wildman–Crippen LogP) is 2.68. The Morgan fingerprint density at radius 2 is 2.23 bits per heavy atom. The molecular weight excluding hydrogens is 276 g/mol. The maximum absolute atomic E-state index is 12.6. The normalized spacial score (nSPS) is 18.4. The number of benzene rings is 1. The van der Waals surface area contributed by atoms with Gasteiger partial charge in [-0.2, -0.15) is 5.10 Å². The number of hydrogen-bond donors (Lipinski definition) is 2. The number of aromatic nitrogens is 2. The molecule has 22 heavy (non-hydrogen) atoms. The Morgan fingerprint density at radius 1 is 1.36 bits per heavy atom. The molecule has 0 saturated carbocycles. The Hall–Kier alpha value is -2.30. The zero-order valence-corrected chi connectivity index (χ0v) is 12.7. The van der Waals surface area contributed by atoms with Crippen molar-refractivity contribution < 1.29 is 4.79 Å². The van der Waals surface area contributed by atoms with Crippen molar-refractivity contribution in [3.05, 3.63) is 47.8 Å². The van der Waals surface area contributed by atoms with Crippen LogP contribution in [0.1, 0.15) is 42.9 Å². The van der Waals surface area contributed by atoms with Gasteiger partial charge in [-0.15, -0.1) is 0 Å². The van der Waals surface area contributed by atoms with Gasteiger partial charge in [0.25, 0.3) is 0 Å². The first-order valence-corrected chi connectivity index (χ1v) is 7.87. The number of rotatable bonds is 4. The Bertz CT molecular complexity index is 623. The van der Waals surface area contributed by atoms with Crippen molar-refractivity contribution in [3.63, 3.8) is 0 Å². The number of hydrogen-bond acceptors (Lipinski definition) is 3. The Kier molecular flexibility index (Phi) is 4.42. The van der Waals surface area contributed by atoms with Crippen molar-refractivity contribution in [2.45, 2.75) is 38.1 Å². The largest absolute Gasteiger partial charge is 0.399 e. The molecule has 116 valence electrons. The zero-order valence-electron chi connectivity index (χ0n) is 12.7. The number of piperidine rings is 1. The van der Waals surface area contributed by atoms with Gasteiger partial charge in [0.15, 0.2) is 0 Å². The Labute approximate surface area is 130 Å². The molecule has 0 spiro atoms. The average molecular weight is 298 g/mol. The lowest BCUT2D eigenvalue weighted by Crippen LogP contribution is -2.38. The maximum atomic E-state index is 12.6. The molecule has 5 heteroatoms. The van der Waals surface area contributed by atoms with Crippen LogP contribution in [0.25, 0.3) is 0 Å². The van der Waals surface area contributed by atoms with Crippen molar-refractivity contribution in [1.82, 2.24) is 15.1 Å². The smallest absolute Gasteiger partial charge is 0.223 e. The SMILES string of the molecule is Nc1ccccc1CCC(=O)N1CCCCC1c1cn[nH]c1. The highest BCUT2D eigenvalue weighted by atomic mass is 16.2. The van der Waals surface area contributed by atoms with Gasteiger partial charge in [0.1, 0.15) is 0 Å². The van der Waals surface area contributed by atoms with E-state index in [0.717, 1.165) is 42.6 Å². The highest BCUT2D eigenvalue weighted by molar-refractivity contribution is 5.77. The number of likely N-dealkylation sites (tertiary alicyclic amines) is 1. The van der Waals surface area contributed by atoms with Crippen molar-refractivity contribution >= 4 is 11.6 Å². The third-order valence-electron chi connectivity index (χ3n) is 4.39. The van der Waals surface area contributed by atoms with Crippen LogP contribution in [-0.4, -0.2) is 27.5 Å². The fourth-order valence-corrected chi connectivity index (χ4v) is 3.17. The number of nitrogens with zero attached hydrogens (tertiary/aromatic N) is 2. The third kappa shape index (κ3) is 3.13. The fourth-order valence-electron chi connectivity index (χ4n) is 3.17. The lowest BCUT2D eigenvalue weighted by Gasteiger charge is -2.35. The highest BCUT2D eigenvalue weighted by Crippen LogP contribution is 2.31. The zero-order chi connectivity index (χ0) is 15.4.